The topological polar surface area (TPSA) is 44.1 Å². The van der Waals surface area contributed by atoms with Crippen molar-refractivity contribution in [2.24, 2.45) is 0 Å². The zero-order valence-electron chi connectivity index (χ0n) is 18.5. The van der Waals surface area contributed by atoms with Crippen LogP contribution in [0.4, 0.5) is 0 Å². The van der Waals surface area contributed by atoms with Crippen molar-refractivity contribution in [3.8, 4) is 28.1 Å². The maximum Gasteiger partial charge on any atom is 0.274 e. The van der Waals surface area contributed by atoms with Gasteiger partial charge in [-0.25, -0.2) is 4.68 Å². The van der Waals surface area contributed by atoms with E-state index in [2.05, 4.69) is 0 Å². The Hall–Kier alpha value is -3.92. The number of methoxy groups -OCH3 is 1. The molecule has 0 aliphatic heterocycles. The van der Waals surface area contributed by atoms with E-state index >= 15 is 0 Å². The van der Waals surface area contributed by atoms with E-state index < -0.39 is 0 Å². The van der Waals surface area contributed by atoms with Crippen LogP contribution in [0.3, 0.4) is 0 Å². The minimum atomic E-state index is -0.132. The molecule has 160 valence electrons. The number of para-hydroxylation sites is 1. The van der Waals surface area contributed by atoms with Crippen molar-refractivity contribution in [1.82, 2.24) is 9.78 Å². The van der Waals surface area contributed by atoms with E-state index in [1.165, 1.54) is 0 Å². The molecular weight excluding hydrogens is 396 g/mol. The summed E-state index contributed by atoms with van der Waals surface area (Å²) in [5, 5.41) is 4.82. The van der Waals surface area contributed by atoms with Crippen LogP contribution in [0.25, 0.3) is 34.5 Å². The second-order valence-electron chi connectivity index (χ2n) is 7.79. The van der Waals surface area contributed by atoms with Crippen molar-refractivity contribution in [2.45, 2.75) is 19.9 Å². The Bertz CT molecular complexity index is 1290. The van der Waals surface area contributed by atoms with Gasteiger partial charge in [0.1, 0.15) is 5.75 Å². The number of nitrogens with zero attached hydrogens (tertiary/aromatic N) is 2. The Morgan fingerprint density at radius 1 is 0.844 bits per heavy atom. The van der Waals surface area contributed by atoms with Crippen LogP contribution in [-0.4, -0.2) is 16.9 Å². The van der Waals surface area contributed by atoms with Gasteiger partial charge in [0.25, 0.3) is 5.56 Å². The third-order valence-corrected chi connectivity index (χ3v) is 5.31. The summed E-state index contributed by atoms with van der Waals surface area (Å²) in [5.74, 6) is 0.697. The van der Waals surface area contributed by atoms with E-state index in [4.69, 9.17) is 9.84 Å². The molecule has 3 aromatic carbocycles. The molecule has 0 radical (unpaired) electrons. The van der Waals surface area contributed by atoms with Crippen LogP contribution in [0, 0.1) is 0 Å². The molecule has 0 saturated heterocycles. The Balaban J connectivity index is 2.09. The third-order valence-electron chi connectivity index (χ3n) is 5.31. The van der Waals surface area contributed by atoms with Gasteiger partial charge in [-0.15, -0.1) is 0 Å². The van der Waals surface area contributed by atoms with Gasteiger partial charge in [0.2, 0.25) is 0 Å². The Kier molecular flexibility index (Phi) is 6.31. The summed E-state index contributed by atoms with van der Waals surface area (Å²) >= 11 is 0. The monoisotopic (exact) mass is 422 g/mol. The molecule has 0 unspecified atom stereocenters. The van der Waals surface area contributed by atoms with Gasteiger partial charge in [0.15, 0.2) is 0 Å². The van der Waals surface area contributed by atoms with Crippen molar-refractivity contribution in [2.75, 3.05) is 7.11 Å². The largest absolute Gasteiger partial charge is 0.496 e. The maximum atomic E-state index is 13.6. The highest BCUT2D eigenvalue weighted by Crippen LogP contribution is 2.38. The maximum absolute atomic E-state index is 13.6. The molecule has 1 heterocycles. The molecule has 4 heteroatoms. The molecule has 0 amide bonds. The van der Waals surface area contributed by atoms with Gasteiger partial charge in [-0.2, -0.15) is 5.10 Å². The van der Waals surface area contributed by atoms with E-state index in [0.717, 1.165) is 27.9 Å². The molecule has 0 saturated carbocycles. The molecule has 0 aliphatic rings. The molecule has 32 heavy (non-hydrogen) atoms. The Morgan fingerprint density at radius 3 is 2.12 bits per heavy atom. The van der Waals surface area contributed by atoms with E-state index in [0.29, 0.717) is 11.3 Å². The standard InChI is InChI=1S/C28H26N2O2/c1-20(2)30-28(31)24(19-18-21-12-6-4-7-13-21)26(23-16-10-11-17-25(23)32-3)27(29-30)22-14-8-5-9-15-22/h4-20H,1-3H3/b19-18+. The first kappa shape index (κ1) is 21.3. The Morgan fingerprint density at radius 2 is 1.47 bits per heavy atom. The van der Waals surface area contributed by atoms with Gasteiger partial charge in [0, 0.05) is 16.7 Å². The summed E-state index contributed by atoms with van der Waals surface area (Å²) in [4.78, 5) is 13.6. The quantitative estimate of drug-likeness (QED) is 0.364. The number of rotatable bonds is 6. The molecule has 0 bridgehead atoms. The first-order chi connectivity index (χ1) is 15.6. The molecule has 4 rings (SSSR count). The number of benzene rings is 3. The van der Waals surface area contributed by atoms with Gasteiger partial charge in [0.05, 0.1) is 24.4 Å². The first-order valence-corrected chi connectivity index (χ1v) is 10.7. The lowest BCUT2D eigenvalue weighted by molar-refractivity contribution is 0.416. The molecule has 0 atom stereocenters. The van der Waals surface area contributed by atoms with Crippen molar-refractivity contribution < 1.29 is 4.74 Å². The average Bonchev–Trinajstić information content (AvgIpc) is 2.84. The molecule has 0 N–H and O–H groups in total. The Labute approximate surface area is 188 Å². The van der Waals surface area contributed by atoms with Crippen molar-refractivity contribution in [3.05, 3.63) is 106 Å². The highest BCUT2D eigenvalue weighted by Gasteiger charge is 2.22. The second-order valence-corrected chi connectivity index (χ2v) is 7.79. The lowest BCUT2D eigenvalue weighted by Crippen LogP contribution is -2.28. The molecular formula is C28H26N2O2. The van der Waals surface area contributed by atoms with Crippen molar-refractivity contribution >= 4 is 12.2 Å². The van der Waals surface area contributed by atoms with Crippen LogP contribution >= 0.6 is 0 Å². The van der Waals surface area contributed by atoms with Gasteiger partial charge in [-0.1, -0.05) is 84.9 Å². The predicted molar refractivity (Wildman–Crippen MR) is 132 cm³/mol. The predicted octanol–water partition coefficient (Wildman–Crippen LogP) is 6.34. The van der Waals surface area contributed by atoms with Crippen LogP contribution in [0.5, 0.6) is 5.75 Å². The highest BCUT2D eigenvalue weighted by atomic mass is 16.5. The fraction of sp³-hybridized carbons (Fsp3) is 0.143. The number of hydrogen-bond acceptors (Lipinski definition) is 3. The first-order valence-electron chi connectivity index (χ1n) is 10.7. The fourth-order valence-corrected chi connectivity index (χ4v) is 3.73. The van der Waals surface area contributed by atoms with E-state index in [1.807, 2.05) is 111 Å². The molecule has 4 nitrogen and oxygen atoms in total. The molecule has 0 aliphatic carbocycles. The summed E-state index contributed by atoms with van der Waals surface area (Å²) in [6.45, 7) is 3.94. The molecule has 0 spiro atoms. The fourth-order valence-electron chi connectivity index (χ4n) is 3.73. The summed E-state index contributed by atoms with van der Waals surface area (Å²) in [6, 6.07) is 27.6. The van der Waals surface area contributed by atoms with E-state index in [1.54, 1.807) is 11.8 Å². The smallest absolute Gasteiger partial charge is 0.274 e. The number of hydrogen-bond donors (Lipinski definition) is 0. The molecule has 1 aromatic heterocycles. The van der Waals surface area contributed by atoms with Gasteiger partial charge >= 0.3 is 0 Å². The van der Waals surface area contributed by atoms with Crippen LogP contribution in [0.1, 0.15) is 31.0 Å². The average molecular weight is 423 g/mol. The zero-order valence-corrected chi connectivity index (χ0v) is 18.5. The van der Waals surface area contributed by atoms with Crippen LogP contribution in [0.2, 0.25) is 0 Å². The van der Waals surface area contributed by atoms with Gasteiger partial charge in [-0.05, 0) is 31.6 Å². The number of ether oxygens (including phenoxy) is 1. The lowest BCUT2D eigenvalue weighted by Gasteiger charge is -2.19. The van der Waals surface area contributed by atoms with Gasteiger partial charge in [-0.3, -0.25) is 4.79 Å². The van der Waals surface area contributed by atoms with Crippen LogP contribution in [0.15, 0.2) is 89.7 Å². The van der Waals surface area contributed by atoms with Crippen molar-refractivity contribution in [1.29, 1.82) is 0 Å². The van der Waals surface area contributed by atoms with E-state index in [9.17, 15) is 4.79 Å². The summed E-state index contributed by atoms with van der Waals surface area (Å²) < 4.78 is 7.23. The minimum Gasteiger partial charge on any atom is -0.496 e. The van der Waals surface area contributed by atoms with Crippen LogP contribution in [-0.2, 0) is 0 Å². The third kappa shape index (κ3) is 4.26. The van der Waals surface area contributed by atoms with Crippen molar-refractivity contribution in [3.63, 3.8) is 0 Å². The summed E-state index contributed by atoms with van der Waals surface area (Å²) in [5.41, 5.74) is 4.76. The highest BCUT2D eigenvalue weighted by molar-refractivity contribution is 5.91. The minimum absolute atomic E-state index is 0.0828. The second kappa shape index (κ2) is 9.48. The molecule has 0 fully saturated rings. The SMILES string of the molecule is COc1ccccc1-c1c(-c2ccccc2)nn(C(C)C)c(=O)c1/C=C/c1ccccc1. The molecule has 4 aromatic rings. The zero-order chi connectivity index (χ0) is 22.5. The summed E-state index contributed by atoms with van der Waals surface area (Å²) in [6.07, 6.45) is 3.86. The normalized spacial score (nSPS) is 11.2. The van der Waals surface area contributed by atoms with Gasteiger partial charge < -0.3 is 4.74 Å². The number of aromatic nitrogens is 2. The lowest BCUT2D eigenvalue weighted by atomic mass is 9.94. The summed E-state index contributed by atoms with van der Waals surface area (Å²) in [7, 11) is 1.64. The van der Waals surface area contributed by atoms with Crippen LogP contribution < -0.4 is 10.3 Å². The van der Waals surface area contributed by atoms with E-state index in [-0.39, 0.29) is 11.6 Å².